The molecular weight excluding hydrogens is 379 g/mol. The fraction of sp³-hybridized carbons (Fsp3) is 0.0952. The van der Waals surface area contributed by atoms with Crippen LogP contribution in [0.25, 0.3) is 6.08 Å². The number of carbonyl (C=O) groups excluding carboxylic acids is 2. The van der Waals surface area contributed by atoms with Crippen molar-refractivity contribution in [3.8, 4) is 5.75 Å². The third kappa shape index (κ3) is 4.15. The summed E-state index contributed by atoms with van der Waals surface area (Å²) in [5, 5.41) is 2.53. The van der Waals surface area contributed by atoms with E-state index < -0.39 is 11.8 Å². The van der Waals surface area contributed by atoms with Crippen molar-refractivity contribution in [1.82, 2.24) is 10.2 Å². The molecule has 1 saturated heterocycles. The fourth-order valence-electron chi connectivity index (χ4n) is 2.65. The molecular formula is C21H17FN2O3S. The zero-order valence-corrected chi connectivity index (χ0v) is 15.7. The molecule has 0 unspecified atom stereocenters. The number of ether oxygens (including phenoxy) is 1. The number of nitrogens with one attached hydrogen (secondary N) is 1. The van der Waals surface area contributed by atoms with Gasteiger partial charge in [0.05, 0.1) is 0 Å². The van der Waals surface area contributed by atoms with Crippen LogP contribution in [0.2, 0.25) is 0 Å². The lowest BCUT2D eigenvalue weighted by Crippen LogP contribution is -2.53. The molecule has 142 valence electrons. The van der Waals surface area contributed by atoms with Crippen molar-refractivity contribution in [2.45, 2.75) is 6.61 Å². The zero-order valence-electron chi connectivity index (χ0n) is 14.9. The van der Waals surface area contributed by atoms with Crippen molar-refractivity contribution in [3.05, 3.63) is 83.7 Å². The normalized spacial score (nSPS) is 15.5. The maximum Gasteiger partial charge on any atom is 0.265 e. The molecule has 0 atom stereocenters. The van der Waals surface area contributed by atoms with E-state index in [-0.39, 0.29) is 29.7 Å². The van der Waals surface area contributed by atoms with Crippen LogP contribution in [0.5, 0.6) is 5.75 Å². The lowest BCUT2D eigenvalue weighted by molar-refractivity contribution is -0.128. The Morgan fingerprint density at radius 2 is 1.86 bits per heavy atom. The van der Waals surface area contributed by atoms with Gasteiger partial charge in [0.2, 0.25) is 0 Å². The molecule has 2 amide bonds. The monoisotopic (exact) mass is 396 g/mol. The van der Waals surface area contributed by atoms with Gasteiger partial charge in [0.1, 0.15) is 23.7 Å². The summed E-state index contributed by atoms with van der Waals surface area (Å²) in [5.41, 5.74) is 0.847. The van der Waals surface area contributed by atoms with Crippen LogP contribution in [0.4, 0.5) is 4.39 Å². The van der Waals surface area contributed by atoms with Gasteiger partial charge in [-0.15, -0.1) is 6.58 Å². The molecule has 3 rings (SSSR count). The molecule has 1 fully saturated rings. The number of rotatable bonds is 6. The van der Waals surface area contributed by atoms with Crippen LogP contribution in [0, 0.1) is 5.82 Å². The predicted molar refractivity (Wildman–Crippen MR) is 108 cm³/mol. The Labute approximate surface area is 167 Å². The summed E-state index contributed by atoms with van der Waals surface area (Å²) in [6.07, 6.45) is 2.96. The number of amides is 2. The summed E-state index contributed by atoms with van der Waals surface area (Å²) in [4.78, 5) is 26.2. The van der Waals surface area contributed by atoms with Gasteiger partial charge >= 0.3 is 0 Å². The minimum Gasteiger partial charge on any atom is -0.488 e. The highest BCUT2D eigenvalue weighted by molar-refractivity contribution is 7.80. The minimum absolute atomic E-state index is 0.0136. The average Bonchev–Trinajstić information content (AvgIpc) is 2.68. The Hall–Kier alpha value is -3.32. The van der Waals surface area contributed by atoms with Crippen molar-refractivity contribution in [2.75, 3.05) is 6.54 Å². The summed E-state index contributed by atoms with van der Waals surface area (Å²) < 4.78 is 19.5. The van der Waals surface area contributed by atoms with Gasteiger partial charge in [-0.1, -0.05) is 42.5 Å². The summed E-state index contributed by atoms with van der Waals surface area (Å²) in [7, 11) is 0. The lowest BCUT2D eigenvalue weighted by Gasteiger charge is -2.27. The summed E-state index contributed by atoms with van der Waals surface area (Å²) in [5.74, 6) is -1.05. The Balaban J connectivity index is 1.88. The van der Waals surface area contributed by atoms with Crippen LogP contribution in [0.15, 0.2) is 66.8 Å². The van der Waals surface area contributed by atoms with Gasteiger partial charge < -0.3 is 4.74 Å². The quantitative estimate of drug-likeness (QED) is 0.353. The maximum atomic E-state index is 13.8. The maximum absolute atomic E-state index is 13.8. The summed E-state index contributed by atoms with van der Waals surface area (Å²) in [6.45, 7) is 3.78. The molecule has 0 aromatic heterocycles. The number of nitrogens with zero attached hydrogens (tertiary/aromatic N) is 1. The Morgan fingerprint density at radius 3 is 2.61 bits per heavy atom. The molecule has 2 aromatic carbocycles. The van der Waals surface area contributed by atoms with Crippen LogP contribution in [0.3, 0.4) is 0 Å². The number of thiocarbonyl (C=S) groups is 1. The van der Waals surface area contributed by atoms with Crippen LogP contribution >= 0.6 is 12.2 Å². The largest absolute Gasteiger partial charge is 0.488 e. The van der Waals surface area contributed by atoms with Gasteiger partial charge in [-0.05, 0) is 30.4 Å². The molecule has 5 nitrogen and oxygen atoms in total. The van der Waals surface area contributed by atoms with E-state index in [1.807, 2.05) is 0 Å². The molecule has 7 heteroatoms. The van der Waals surface area contributed by atoms with Gasteiger partial charge in [-0.2, -0.15) is 0 Å². The number of hydrogen-bond donors (Lipinski definition) is 1. The molecule has 28 heavy (non-hydrogen) atoms. The number of benzene rings is 2. The van der Waals surface area contributed by atoms with Crippen LogP contribution in [-0.2, 0) is 16.2 Å². The van der Waals surface area contributed by atoms with E-state index in [1.54, 1.807) is 42.5 Å². The third-order valence-electron chi connectivity index (χ3n) is 4.06. The Kier molecular flexibility index (Phi) is 5.96. The molecule has 0 bridgehead atoms. The van der Waals surface area contributed by atoms with E-state index in [4.69, 9.17) is 17.0 Å². The molecule has 2 aromatic rings. The number of hydrogen-bond acceptors (Lipinski definition) is 4. The van der Waals surface area contributed by atoms with E-state index in [9.17, 15) is 14.0 Å². The molecule has 1 N–H and O–H groups in total. The van der Waals surface area contributed by atoms with E-state index in [1.165, 1.54) is 23.1 Å². The number of carbonyl (C=O) groups is 2. The second-order valence-corrected chi connectivity index (χ2v) is 6.33. The van der Waals surface area contributed by atoms with Crippen molar-refractivity contribution in [3.63, 3.8) is 0 Å². The molecule has 0 aliphatic carbocycles. The van der Waals surface area contributed by atoms with Gasteiger partial charge in [0.15, 0.2) is 5.11 Å². The molecule has 0 saturated carbocycles. The van der Waals surface area contributed by atoms with Crippen LogP contribution in [0.1, 0.15) is 11.1 Å². The highest BCUT2D eigenvalue weighted by Crippen LogP contribution is 2.24. The molecule has 1 aliphatic rings. The van der Waals surface area contributed by atoms with Gasteiger partial charge in [0.25, 0.3) is 11.8 Å². The van der Waals surface area contributed by atoms with Crippen molar-refractivity contribution in [1.29, 1.82) is 0 Å². The minimum atomic E-state index is -0.584. The van der Waals surface area contributed by atoms with Crippen LogP contribution in [-0.4, -0.2) is 28.4 Å². The van der Waals surface area contributed by atoms with Crippen LogP contribution < -0.4 is 10.1 Å². The zero-order chi connectivity index (χ0) is 20.1. The van der Waals surface area contributed by atoms with E-state index >= 15 is 0 Å². The first kappa shape index (κ1) is 19.4. The number of para-hydroxylation sites is 1. The van der Waals surface area contributed by atoms with E-state index in [0.29, 0.717) is 16.9 Å². The second kappa shape index (κ2) is 8.58. The summed E-state index contributed by atoms with van der Waals surface area (Å²) in [6, 6.07) is 13.2. The molecule has 0 spiro atoms. The van der Waals surface area contributed by atoms with Crippen molar-refractivity contribution in [2.24, 2.45) is 0 Å². The van der Waals surface area contributed by atoms with Crippen molar-refractivity contribution >= 4 is 35.2 Å². The van der Waals surface area contributed by atoms with Gasteiger partial charge in [0, 0.05) is 17.7 Å². The van der Waals surface area contributed by atoms with Gasteiger partial charge in [-0.25, -0.2) is 4.39 Å². The first-order chi connectivity index (χ1) is 13.5. The SMILES string of the molecule is C=CCN1C(=O)/C(=C/c2ccccc2OCc2ccccc2F)C(=O)NC1=S. The molecule has 1 heterocycles. The smallest absolute Gasteiger partial charge is 0.265 e. The Morgan fingerprint density at radius 1 is 1.14 bits per heavy atom. The fourth-order valence-corrected chi connectivity index (χ4v) is 2.90. The average molecular weight is 396 g/mol. The topological polar surface area (TPSA) is 58.6 Å². The van der Waals surface area contributed by atoms with E-state index in [2.05, 4.69) is 11.9 Å². The first-order valence-corrected chi connectivity index (χ1v) is 8.87. The summed E-state index contributed by atoms with van der Waals surface area (Å²) >= 11 is 5.04. The first-order valence-electron chi connectivity index (χ1n) is 8.46. The lowest BCUT2D eigenvalue weighted by atomic mass is 10.1. The highest BCUT2D eigenvalue weighted by atomic mass is 32.1. The Bertz CT molecular complexity index is 987. The standard InChI is InChI=1S/C21H17FN2O3S/c1-2-11-24-20(26)16(19(25)23-21(24)28)12-14-7-4-6-10-18(14)27-13-15-8-3-5-9-17(15)22/h2-10,12H,1,11,13H2,(H,23,25,28)/b16-12+. The third-order valence-corrected chi connectivity index (χ3v) is 4.38. The van der Waals surface area contributed by atoms with E-state index in [0.717, 1.165) is 0 Å². The second-order valence-electron chi connectivity index (χ2n) is 5.94. The number of halogens is 1. The molecule has 1 aliphatic heterocycles. The van der Waals surface area contributed by atoms with Gasteiger partial charge in [-0.3, -0.25) is 19.8 Å². The highest BCUT2D eigenvalue weighted by Gasteiger charge is 2.32. The molecule has 0 radical (unpaired) electrons. The predicted octanol–water partition coefficient (Wildman–Crippen LogP) is 3.22. The van der Waals surface area contributed by atoms with Crippen molar-refractivity contribution < 1.29 is 18.7 Å².